The van der Waals surface area contributed by atoms with E-state index >= 15 is 0 Å². The summed E-state index contributed by atoms with van der Waals surface area (Å²) in [7, 11) is 0. The van der Waals surface area contributed by atoms with Crippen LogP contribution < -0.4 is 11.1 Å². The number of ether oxygens (including phenoxy) is 1. The lowest BCUT2D eigenvalue weighted by Gasteiger charge is -2.32. The molecule has 0 bridgehead atoms. The Morgan fingerprint density at radius 1 is 1.53 bits per heavy atom. The van der Waals surface area contributed by atoms with E-state index in [0.717, 1.165) is 38.6 Å². The number of morpholine rings is 1. The molecule has 17 heavy (non-hydrogen) atoms. The van der Waals surface area contributed by atoms with E-state index in [1.54, 1.807) is 12.4 Å². The molecule has 1 aliphatic heterocycles. The highest BCUT2D eigenvalue weighted by Crippen LogP contribution is 2.07. The van der Waals surface area contributed by atoms with Crippen molar-refractivity contribution in [3.05, 3.63) is 12.4 Å². The van der Waals surface area contributed by atoms with Gasteiger partial charge in [-0.05, 0) is 6.54 Å². The quantitative estimate of drug-likeness (QED) is 0.778. The molecule has 1 fully saturated rings. The molecular formula is C11H19N5O. The van der Waals surface area contributed by atoms with Crippen molar-refractivity contribution in [2.24, 2.45) is 0 Å². The van der Waals surface area contributed by atoms with Crippen LogP contribution in [-0.2, 0) is 4.74 Å². The van der Waals surface area contributed by atoms with Crippen LogP contribution in [0.15, 0.2) is 12.4 Å². The number of hydrogen-bond acceptors (Lipinski definition) is 6. The maximum absolute atomic E-state index is 5.68. The molecule has 0 spiro atoms. The Labute approximate surface area is 101 Å². The summed E-state index contributed by atoms with van der Waals surface area (Å²) in [5.41, 5.74) is 5.47. The molecular weight excluding hydrogens is 218 g/mol. The summed E-state index contributed by atoms with van der Waals surface area (Å²) in [5.74, 6) is 1.16. The number of aromatic nitrogens is 2. The average molecular weight is 237 g/mol. The second kappa shape index (κ2) is 5.79. The van der Waals surface area contributed by atoms with Crippen molar-refractivity contribution in [1.82, 2.24) is 14.9 Å². The molecule has 6 nitrogen and oxygen atoms in total. The van der Waals surface area contributed by atoms with Crippen LogP contribution >= 0.6 is 0 Å². The molecule has 0 aromatic carbocycles. The van der Waals surface area contributed by atoms with Crippen LogP contribution in [0.5, 0.6) is 0 Å². The second-order valence-corrected chi connectivity index (χ2v) is 4.09. The van der Waals surface area contributed by atoms with Gasteiger partial charge < -0.3 is 15.8 Å². The van der Waals surface area contributed by atoms with Crippen LogP contribution in [0, 0.1) is 0 Å². The maximum atomic E-state index is 5.68. The van der Waals surface area contributed by atoms with Gasteiger partial charge in [0.15, 0.2) is 0 Å². The summed E-state index contributed by atoms with van der Waals surface area (Å²) in [5, 5.41) is 3.21. The Bertz CT molecular complexity index is 342. The Kier molecular flexibility index (Phi) is 4.11. The van der Waals surface area contributed by atoms with Gasteiger partial charge in [0, 0.05) is 19.6 Å². The predicted molar refractivity (Wildman–Crippen MR) is 66.8 cm³/mol. The summed E-state index contributed by atoms with van der Waals surface area (Å²) in [4.78, 5) is 10.5. The first-order chi connectivity index (χ1) is 8.28. The van der Waals surface area contributed by atoms with Gasteiger partial charge in [-0.2, -0.15) is 0 Å². The van der Waals surface area contributed by atoms with Crippen molar-refractivity contribution in [2.45, 2.75) is 13.0 Å². The SMILES string of the molecule is CCN1CCOC(CNc2cnc(N)cn2)C1. The van der Waals surface area contributed by atoms with E-state index in [0.29, 0.717) is 5.82 Å². The lowest BCUT2D eigenvalue weighted by Crippen LogP contribution is -2.45. The maximum Gasteiger partial charge on any atom is 0.144 e. The topological polar surface area (TPSA) is 76.3 Å². The number of anilines is 2. The molecule has 2 rings (SSSR count). The fraction of sp³-hybridized carbons (Fsp3) is 0.636. The van der Waals surface area contributed by atoms with Gasteiger partial charge >= 0.3 is 0 Å². The smallest absolute Gasteiger partial charge is 0.144 e. The van der Waals surface area contributed by atoms with Gasteiger partial charge in [-0.1, -0.05) is 6.92 Å². The molecule has 2 heterocycles. The number of likely N-dealkylation sites (N-methyl/N-ethyl adjacent to an activating group) is 1. The van der Waals surface area contributed by atoms with E-state index in [1.807, 2.05) is 0 Å². The Morgan fingerprint density at radius 3 is 3.12 bits per heavy atom. The van der Waals surface area contributed by atoms with E-state index in [1.165, 1.54) is 0 Å². The highest BCUT2D eigenvalue weighted by atomic mass is 16.5. The summed E-state index contributed by atoms with van der Waals surface area (Å²) >= 11 is 0. The molecule has 94 valence electrons. The van der Waals surface area contributed by atoms with E-state index < -0.39 is 0 Å². The third-order valence-corrected chi connectivity index (χ3v) is 2.85. The highest BCUT2D eigenvalue weighted by Gasteiger charge is 2.18. The molecule has 0 saturated carbocycles. The van der Waals surface area contributed by atoms with Crippen LogP contribution in [0.4, 0.5) is 11.6 Å². The molecule has 3 N–H and O–H groups in total. The van der Waals surface area contributed by atoms with Crippen LogP contribution in [0.25, 0.3) is 0 Å². The average Bonchev–Trinajstić information content (AvgIpc) is 2.38. The zero-order valence-electron chi connectivity index (χ0n) is 10.1. The zero-order valence-corrected chi connectivity index (χ0v) is 10.1. The zero-order chi connectivity index (χ0) is 12.1. The number of nitrogens with one attached hydrogen (secondary N) is 1. The van der Waals surface area contributed by atoms with Crippen molar-refractivity contribution in [3.63, 3.8) is 0 Å². The fourth-order valence-electron chi connectivity index (χ4n) is 1.84. The van der Waals surface area contributed by atoms with Crippen molar-refractivity contribution in [3.8, 4) is 0 Å². The molecule has 1 aromatic heterocycles. The minimum absolute atomic E-state index is 0.211. The van der Waals surface area contributed by atoms with Gasteiger partial charge in [0.25, 0.3) is 0 Å². The summed E-state index contributed by atoms with van der Waals surface area (Å²) in [6, 6.07) is 0. The normalized spacial score (nSPS) is 21.4. The predicted octanol–water partition coefficient (Wildman–Crippen LogP) is 0.191. The lowest BCUT2D eigenvalue weighted by molar-refractivity contribution is -0.0192. The van der Waals surface area contributed by atoms with Crippen LogP contribution in [-0.4, -0.2) is 53.8 Å². The highest BCUT2D eigenvalue weighted by molar-refractivity contribution is 5.35. The van der Waals surface area contributed by atoms with Crippen molar-refractivity contribution in [1.29, 1.82) is 0 Å². The lowest BCUT2D eigenvalue weighted by atomic mass is 10.2. The van der Waals surface area contributed by atoms with E-state index in [2.05, 4.69) is 27.1 Å². The van der Waals surface area contributed by atoms with E-state index in [9.17, 15) is 0 Å². The number of nitrogens with two attached hydrogens (primary N) is 1. The summed E-state index contributed by atoms with van der Waals surface area (Å²) < 4.78 is 5.68. The first-order valence-electron chi connectivity index (χ1n) is 5.93. The minimum Gasteiger partial charge on any atom is -0.382 e. The van der Waals surface area contributed by atoms with Gasteiger partial charge in [-0.25, -0.2) is 9.97 Å². The largest absolute Gasteiger partial charge is 0.382 e. The molecule has 1 aliphatic rings. The number of hydrogen-bond donors (Lipinski definition) is 2. The third-order valence-electron chi connectivity index (χ3n) is 2.85. The Hall–Kier alpha value is -1.40. The van der Waals surface area contributed by atoms with Gasteiger partial charge in [-0.15, -0.1) is 0 Å². The van der Waals surface area contributed by atoms with Crippen molar-refractivity contribution >= 4 is 11.6 Å². The molecule has 0 amide bonds. The van der Waals surface area contributed by atoms with Crippen LogP contribution in [0.1, 0.15) is 6.92 Å². The second-order valence-electron chi connectivity index (χ2n) is 4.09. The minimum atomic E-state index is 0.211. The molecule has 1 aromatic rings. The van der Waals surface area contributed by atoms with E-state index in [4.69, 9.17) is 10.5 Å². The van der Waals surface area contributed by atoms with Gasteiger partial charge in [0.1, 0.15) is 11.6 Å². The monoisotopic (exact) mass is 237 g/mol. The molecule has 0 radical (unpaired) electrons. The number of rotatable bonds is 4. The van der Waals surface area contributed by atoms with Crippen molar-refractivity contribution in [2.75, 3.05) is 43.8 Å². The molecule has 6 heteroatoms. The molecule has 0 aliphatic carbocycles. The van der Waals surface area contributed by atoms with Crippen molar-refractivity contribution < 1.29 is 4.74 Å². The van der Waals surface area contributed by atoms with Gasteiger partial charge in [0.05, 0.1) is 25.1 Å². The molecule has 1 unspecified atom stereocenters. The first-order valence-corrected chi connectivity index (χ1v) is 5.93. The first kappa shape index (κ1) is 12.1. The number of nitrogens with zero attached hydrogens (tertiary/aromatic N) is 3. The Morgan fingerprint density at radius 2 is 2.41 bits per heavy atom. The summed E-state index contributed by atoms with van der Waals surface area (Å²) in [6.45, 7) is 6.77. The van der Waals surface area contributed by atoms with Crippen LogP contribution in [0.3, 0.4) is 0 Å². The number of nitrogen functional groups attached to an aromatic ring is 1. The molecule has 1 saturated heterocycles. The fourth-order valence-corrected chi connectivity index (χ4v) is 1.84. The molecule has 1 atom stereocenters. The van der Waals surface area contributed by atoms with E-state index in [-0.39, 0.29) is 6.10 Å². The van der Waals surface area contributed by atoms with Gasteiger partial charge in [0.2, 0.25) is 0 Å². The standard InChI is InChI=1S/C11H19N5O/c1-2-16-3-4-17-9(8-16)5-14-11-7-13-10(12)6-15-11/h6-7,9H,2-5,8H2,1H3,(H2,12,13)(H,14,15). The van der Waals surface area contributed by atoms with Gasteiger partial charge in [-0.3, -0.25) is 4.90 Å². The van der Waals surface area contributed by atoms with Crippen LogP contribution in [0.2, 0.25) is 0 Å². The summed E-state index contributed by atoms with van der Waals surface area (Å²) in [6.07, 6.45) is 3.39. The Balaban J connectivity index is 1.79. The third kappa shape index (κ3) is 3.54.